The number of aromatic nitrogens is 1. The topological polar surface area (TPSA) is 73.6 Å². The summed E-state index contributed by atoms with van der Waals surface area (Å²) in [7, 11) is 1.54. The normalized spacial score (nSPS) is 10.5. The summed E-state index contributed by atoms with van der Waals surface area (Å²) >= 11 is 5.83. The third kappa shape index (κ3) is 4.44. The predicted molar refractivity (Wildman–Crippen MR) is 76.5 cm³/mol. The summed E-state index contributed by atoms with van der Waals surface area (Å²) in [6.07, 6.45) is 1.23. The van der Waals surface area contributed by atoms with Crippen molar-refractivity contribution in [3.8, 4) is 5.75 Å². The van der Waals surface area contributed by atoms with Crippen LogP contribution in [0.15, 0.2) is 28.9 Å². The predicted octanol–water partition coefficient (Wildman–Crippen LogP) is 2.42. The quantitative estimate of drug-likeness (QED) is 0.790. The molecule has 0 atom stereocenters. The number of amides is 1. The van der Waals surface area contributed by atoms with E-state index in [1.165, 1.54) is 25.5 Å². The van der Waals surface area contributed by atoms with Crippen LogP contribution >= 0.6 is 11.6 Å². The van der Waals surface area contributed by atoms with Crippen molar-refractivity contribution < 1.29 is 23.1 Å². The van der Waals surface area contributed by atoms with Gasteiger partial charge in [0.1, 0.15) is 17.8 Å². The standard InChI is InChI=1S/C14H14ClFN2O4/c1-20-5-4-17-14(19)11-7-22-13(18-11)8-21-12-3-2-9(16)6-10(12)15/h2-3,6-7H,4-5,8H2,1H3,(H,17,19). The van der Waals surface area contributed by atoms with Crippen LogP contribution in [0.3, 0.4) is 0 Å². The number of benzene rings is 1. The van der Waals surface area contributed by atoms with Gasteiger partial charge in [0.15, 0.2) is 12.3 Å². The van der Waals surface area contributed by atoms with Gasteiger partial charge in [0.05, 0.1) is 11.6 Å². The van der Waals surface area contributed by atoms with Crippen LogP contribution in [0.2, 0.25) is 5.02 Å². The molecule has 2 rings (SSSR count). The van der Waals surface area contributed by atoms with Crippen molar-refractivity contribution in [2.45, 2.75) is 6.61 Å². The molecular formula is C14H14ClFN2O4. The lowest BCUT2D eigenvalue weighted by Gasteiger charge is -2.05. The molecule has 1 N–H and O–H groups in total. The monoisotopic (exact) mass is 328 g/mol. The lowest BCUT2D eigenvalue weighted by molar-refractivity contribution is 0.0932. The summed E-state index contributed by atoms with van der Waals surface area (Å²) in [5.41, 5.74) is 0.139. The second-order valence-electron chi connectivity index (χ2n) is 4.24. The van der Waals surface area contributed by atoms with Gasteiger partial charge in [-0.05, 0) is 18.2 Å². The minimum Gasteiger partial charge on any atom is -0.482 e. The third-order valence-electron chi connectivity index (χ3n) is 2.62. The van der Waals surface area contributed by atoms with Crippen LogP contribution in [0.1, 0.15) is 16.4 Å². The number of hydrogen-bond acceptors (Lipinski definition) is 5. The average molecular weight is 329 g/mol. The van der Waals surface area contributed by atoms with E-state index in [0.29, 0.717) is 18.9 Å². The molecule has 1 aromatic heterocycles. The zero-order chi connectivity index (χ0) is 15.9. The molecule has 0 unspecified atom stereocenters. The van der Waals surface area contributed by atoms with Crippen LogP contribution in [0, 0.1) is 5.82 Å². The third-order valence-corrected chi connectivity index (χ3v) is 2.92. The second kappa shape index (κ2) is 7.77. The number of halogens is 2. The van der Waals surface area contributed by atoms with Gasteiger partial charge >= 0.3 is 0 Å². The van der Waals surface area contributed by atoms with Crippen molar-refractivity contribution in [3.05, 3.63) is 46.9 Å². The SMILES string of the molecule is COCCNC(=O)c1coc(COc2ccc(F)cc2Cl)n1. The minimum atomic E-state index is -0.455. The molecule has 8 heteroatoms. The number of oxazole rings is 1. The Morgan fingerprint density at radius 1 is 1.50 bits per heavy atom. The highest BCUT2D eigenvalue weighted by molar-refractivity contribution is 6.32. The average Bonchev–Trinajstić information content (AvgIpc) is 2.95. The molecule has 1 amide bonds. The summed E-state index contributed by atoms with van der Waals surface area (Å²) in [6, 6.07) is 3.77. The first-order valence-corrected chi connectivity index (χ1v) is 6.77. The number of nitrogens with one attached hydrogen (secondary N) is 1. The molecule has 118 valence electrons. The van der Waals surface area contributed by atoms with Gasteiger partial charge in [-0.1, -0.05) is 11.6 Å². The molecule has 0 bridgehead atoms. The molecule has 0 spiro atoms. The van der Waals surface area contributed by atoms with Crippen LogP contribution < -0.4 is 10.1 Å². The Bertz CT molecular complexity index is 648. The molecule has 0 radical (unpaired) electrons. The Morgan fingerprint density at radius 2 is 2.32 bits per heavy atom. The van der Waals surface area contributed by atoms with E-state index in [2.05, 4.69) is 10.3 Å². The molecule has 0 saturated carbocycles. The Morgan fingerprint density at radius 3 is 3.05 bits per heavy atom. The number of hydrogen-bond donors (Lipinski definition) is 1. The van der Waals surface area contributed by atoms with E-state index in [9.17, 15) is 9.18 Å². The molecule has 22 heavy (non-hydrogen) atoms. The first-order chi connectivity index (χ1) is 10.6. The van der Waals surface area contributed by atoms with Crippen molar-refractivity contribution in [2.75, 3.05) is 20.3 Å². The smallest absolute Gasteiger partial charge is 0.273 e. The van der Waals surface area contributed by atoms with Crippen molar-refractivity contribution >= 4 is 17.5 Å². The molecule has 1 heterocycles. The first-order valence-electron chi connectivity index (χ1n) is 6.39. The summed E-state index contributed by atoms with van der Waals surface area (Å²) in [6.45, 7) is 0.749. The van der Waals surface area contributed by atoms with Crippen molar-refractivity contribution in [1.82, 2.24) is 10.3 Å². The molecular weight excluding hydrogens is 315 g/mol. The van der Waals surface area contributed by atoms with Gasteiger partial charge in [0.25, 0.3) is 5.91 Å². The summed E-state index contributed by atoms with van der Waals surface area (Å²) in [5.74, 6) is -0.319. The zero-order valence-electron chi connectivity index (χ0n) is 11.8. The number of carbonyl (C=O) groups excluding carboxylic acids is 1. The minimum absolute atomic E-state index is 0.0310. The molecule has 0 aliphatic heterocycles. The highest BCUT2D eigenvalue weighted by atomic mass is 35.5. The van der Waals surface area contributed by atoms with Gasteiger partial charge in [-0.3, -0.25) is 4.79 Å². The summed E-state index contributed by atoms with van der Waals surface area (Å²) in [4.78, 5) is 15.7. The van der Waals surface area contributed by atoms with Gasteiger partial charge in [0.2, 0.25) is 5.89 Å². The lowest BCUT2D eigenvalue weighted by atomic mass is 10.3. The maximum atomic E-state index is 12.9. The van der Waals surface area contributed by atoms with Gasteiger partial charge < -0.3 is 19.2 Å². The fourth-order valence-electron chi connectivity index (χ4n) is 1.57. The fraction of sp³-hybridized carbons (Fsp3) is 0.286. The molecule has 6 nitrogen and oxygen atoms in total. The van der Waals surface area contributed by atoms with E-state index in [1.54, 1.807) is 0 Å². The summed E-state index contributed by atoms with van der Waals surface area (Å²) in [5, 5.41) is 2.75. The van der Waals surface area contributed by atoms with E-state index < -0.39 is 5.82 Å². The number of ether oxygens (including phenoxy) is 2. The van der Waals surface area contributed by atoms with Crippen LogP contribution in [0.25, 0.3) is 0 Å². The van der Waals surface area contributed by atoms with E-state index >= 15 is 0 Å². The highest BCUT2D eigenvalue weighted by Crippen LogP contribution is 2.25. The highest BCUT2D eigenvalue weighted by Gasteiger charge is 2.12. The van der Waals surface area contributed by atoms with Gasteiger partial charge in [0, 0.05) is 13.7 Å². The number of methoxy groups -OCH3 is 1. The van der Waals surface area contributed by atoms with Crippen molar-refractivity contribution in [2.24, 2.45) is 0 Å². The Kier molecular flexibility index (Phi) is 5.74. The largest absolute Gasteiger partial charge is 0.482 e. The van der Waals surface area contributed by atoms with Crippen molar-refractivity contribution in [1.29, 1.82) is 0 Å². The maximum absolute atomic E-state index is 12.9. The second-order valence-corrected chi connectivity index (χ2v) is 4.65. The molecule has 0 fully saturated rings. The Balaban J connectivity index is 1.90. The van der Waals surface area contributed by atoms with E-state index in [1.807, 2.05) is 0 Å². The Labute approximate surface area is 131 Å². The van der Waals surface area contributed by atoms with Crippen LogP contribution in [-0.4, -0.2) is 31.2 Å². The number of rotatable bonds is 7. The molecule has 1 aromatic carbocycles. The van der Waals surface area contributed by atoms with Gasteiger partial charge in [-0.25, -0.2) is 9.37 Å². The number of carbonyl (C=O) groups is 1. The molecule has 2 aromatic rings. The first kappa shape index (κ1) is 16.3. The van der Waals surface area contributed by atoms with E-state index in [0.717, 1.165) is 6.07 Å². The van der Waals surface area contributed by atoms with E-state index in [-0.39, 0.29) is 29.1 Å². The van der Waals surface area contributed by atoms with Gasteiger partial charge in [-0.15, -0.1) is 0 Å². The molecule has 0 saturated heterocycles. The molecule has 0 aliphatic rings. The number of nitrogens with zero attached hydrogens (tertiary/aromatic N) is 1. The fourth-order valence-corrected chi connectivity index (χ4v) is 1.79. The molecule has 0 aliphatic carbocycles. The van der Waals surface area contributed by atoms with Crippen LogP contribution in [-0.2, 0) is 11.3 Å². The van der Waals surface area contributed by atoms with Crippen LogP contribution in [0.5, 0.6) is 5.75 Å². The zero-order valence-corrected chi connectivity index (χ0v) is 12.5. The van der Waals surface area contributed by atoms with E-state index in [4.69, 9.17) is 25.5 Å². The maximum Gasteiger partial charge on any atom is 0.273 e. The van der Waals surface area contributed by atoms with Crippen molar-refractivity contribution in [3.63, 3.8) is 0 Å². The summed E-state index contributed by atoms with van der Waals surface area (Å²) < 4.78 is 28.2. The lowest BCUT2D eigenvalue weighted by Crippen LogP contribution is -2.27. The van der Waals surface area contributed by atoms with Gasteiger partial charge in [-0.2, -0.15) is 0 Å². The van der Waals surface area contributed by atoms with Crippen LogP contribution in [0.4, 0.5) is 4.39 Å². The Hall–Kier alpha value is -2.12.